The third-order valence-electron chi connectivity index (χ3n) is 11.8. The zero-order chi connectivity index (χ0) is 39.6. The summed E-state index contributed by atoms with van der Waals surface area (Å²) in [6.45, 7) is 0. The van der Waals surface area contributed by atoms with E-state index in [9.17, 15) is 0 Å². The second-order valence-corrected chi connectivity index (χ2v) is 15.3. The molecule has 0 aliphatic carbocycles. The molecule has 4 nitrogen and oxygen atoms in total. The normalized spacial score (nSPS) is 11.7. The maximum atomic E-state index is 6.63. The minimum absolute atomic E-state index is 0.860. The largest absolute Gasteiger partial charge is 0.454 e. The van der Waals surface area contributed by atoms with Gasteiger partial charge in [0.1, 0.15) is 5.58 Å². The lowest BCUT2D eigenvalue weighted by molar-refractivity contribution is 0.669. The van der Waals surface area contributed by atoms with Crippen LogP contribution in [0, 0.1) is 0 Å². The van der Waals surface area contributed by atoms with E-state index in [2.05, 4.69) is 193 Å². The fourth-order valence-corrected chi connectivity index (χ4v) is 9.04. The van der Waals surface area contributed by atoms with Gasteiger partial charge < -0.3 is 9.32 Å². The zero-order valence-corrected chi connectivity index (χ0v) is 32.5. The molecular weight excluding hydrogens is 731 g/mol. The summed E-state index contributed by atoms with van der Waals surface area (Å²) in [5, 5.41) is 9.04. The number of hydrogen-bond acceptors (Lipinski definition) is 4. The summed E-state index contributed by atoms with van der Waals surface area (Å²) in [7, 11) is 0. The number of nitrogens with zero attached hydrogens (tertiary/aromatic N) is 3. The van der Waals surface area contributed by atoms with Crippen LogP contribution in [-0.2, 0) is 0 Å². The molecule has 0 saturated heterocycles. The molecule has 2 aromatic heterocycles. The molecule has 0 fully saturated rings. The van der Waals surface area contributed by atoms with Crippen molar-refractivity contribution >= 4 is 82.4 Å². The highest BCUT2D eigenvalue weighted by molar-refractivity contribution is 6.20. The molecule has 0 bridgehead atoms. The van der Waals surface area contributed by atoms with Crippen molar-refractivity contribution in [3.8, 4) is 33.6 Å². The van der Waals surface area contributed by atoms with Crippen LogP contribution in [-0.4, -0.2) is 9.97 Å². The Labute approximate surface area is 346 Å². The summed E-state index contributed by atoms with van der Waals surface area (Å²) >= 11 is 0. The lowest BCUT2D eigenvalue weighted by Crippen LogP contribution is -2.10. The van der Waals surface area contributed by atoms with Crippen LogP contribution in [0.1, 0.15) is 0 Å². The van der Waals surface area contributed by atoms with Crippen molar-refractivity contribution in [2.24, 2.45) is 0 Å². The molecule has 12 aromatic rings. The number of aromatic nitrogens is 2. The summed E-state index contributed by atoms with van der Waals surface area (Å²) in [6.07, 6.45) is 0. The average molecular weight is 766 g/mol. The van der Waals surface area contributed by atoms with Gasteiger partial charge in [-0.3, -0.25) is 0 Å². The van der Waals surface area contributed by atoms with Gasteiger partial charge in [0.15, 0.2) is 5.58 Å². The van der Waals surface area contributed by atoms with Gasteiger partial charge in [0.2, 0.25) is 0 Å². The third kappa shape index (κ3) is 5.46. The Kier molecular flexibility index (Phi) is 7.82. The standard InChI is InChI=1S/C56H35N3O/c1-4-15-38(16-5-1)53-54(39-17-6-2-7-18-39)58-55-48(57-53)33-31-37-29-27-36-28-30-40(35-47(36)52(37)55)42-32-34-49(44-22-11-10-21-43(42)44)59(41-19-8-3-9-20-41)50-25-14-24-46-45-23-12-13-26-51(45)60-56(46)50/h1-35H. The maximum Gasteiger partial charge on any atom is 0.159 e. The van der Waals surface area contributed by atoms with E-state index in [1.807, 2.05) is 24.3 Å². The third-order valence-corrected chi connectivity index (χ3v) is 11.8. The zero-order valence-electron chi connectivity index (χ0n) is 32.5. The first-order chi connectivity index (χ1) is 29.8. The summed E-state index contributed by atoms with van der Waals surface area (Å²) in [5.41, 5.74) is 12.7. The Morgan fingerprint density at radius 1 is 0.383 bits per heavy atom. The predicted octanol–water partition coefficient (Wildman–Crippen LogP) is 15.5. The van der Waals surface area contributed by atoms with Crippen molar-refractivity contribution in [2.45, 2.75) is 0 Å². The van der Waals surface area contributed by atoms with Crippen molar-refractivity contribution in [3.05, 3.63) is 212 Å². The molecule has 0 aliphatic rings. The molecule has 2 heterocycles. The first kappa shape index (κ1) is 34.0. The lowest BCUT2D eigenvalue weighted by atomic mass is 9.92. The Morgan fingerprint density at radius 2 is 1.00 bits per heavy atom. The summed E-state index contributed by atoms with van der Waals surface area (Å²) in [4.78, 5) is 13.2. The minimum atomic E-state index is 0.860. The fraction of sp³-hybridized carbons (Fsp3) is 0. The van der Waals surface area contributed by atoms with Crippen LogP contribution in [0.3, 0.4) is 0 Å². The van der Waals surface area contributed by atoms with Gasteiger partial charge in [-0.1, -0.05) is 170 Å². The number of para-hydroxylation sites is 3. The number of hydrogen-bond donors (Lipinski definition) is 0. The van der Waals surface area contributed by atoms with Gasteiger partial charge in [-0.15, -0.1) is 0 Å². The van der Waals surface area contributed by atoms with Gasteiger partial charge in [-0.25, -0.2) is 9.97 Å². The van der Waals surface area contributed by atoms with Crippen molar-refractivity contribution in [1.29, 1.82) is 0 Å². The highest BCUT2D eigenvalue weighted by Gasteiger charge is 2.22. The van der Waals surface area contributed by atoms with E-state index < -0.39 is 0 Å². The number of benzene rings is 10. The average Bonchev–Trinajstić information content (AvgIpc) is 3.71. The van der Waals surface area contributed by atoms with Crippen molar-refractivity contribution in [1.82, 2.24) is 9.97 Å². The highest BCUT2D eigenvalue weighted by Crippen LogP contribution is 2.46. The smallest absolute Gasteiger partial charge is 0.159 e. The quantitative estimate of drug-likeness (QED) is 0.158. The van der Waals surface area contributed by atoms with Crippen molar-refractivity contribution in [2.75, 3.05) is 4.90 Å². The Bertz CT molecular complexity index is 3600. The second-order valence-electron chi connectivity index (χ2n) is 15.3. The SMILES string of the molecule is c1ccc(-c2nc3ccc4ccc5ccc(-c6ccc(N(c7ccccc7)c7cccc8c7oc7ccccc78)c7ccccc67)cc5c4c3nc2-c2ccccc2)cc1. The number of anilines is 3. The lowest BCUT2D eigenvalue weighted by Gasteiger charge is -2.27. The monoisotopic (exact) mass is 765 g/mol. The van der Waals surface area contributed by atoms with Gasteiger partial charge in [-0.05, 0) is 75.1 Å². The Hall–Kier alpha value is -8.08. The van der Waals surface area contributed by atoms with E-state index in [0.717, 1.165) is 116 Å². The molecule has 4 heteroatoms. The fourth-order valence-electron chi connectivity index (χ4n) is 9.04. The Balaban J connectivity index is 1.07. The molecule has 12 rings (SSSR count). The van der Waals surface area contributed by atoms with E-state index in [1.54, 1.807) is 0 Å². The molecule has 0 radical (unpaired) electrons. The molecule has 10 aromatic carbocycles. The van der Waals surface area contributed by atoms with Gasteiger partial charge >= 0.3 is 0 Å². The van der Waals surface area contributed by atoms with Gasteiger partial charge in [0.25, 0.3) is 0 Å². The van der Waals surface area contributed by atoms with Crippen LogP contribution in [0.5, 0.6) is 0 Å². The molecule has 0 unspecified atom stereocenters. The number of rotatable bonds is 6. The van der Waals surface area contributed by atoms with Gasteiger partial charge in [-0.2, -0.15) is 0 Å². The molecule has 0 spiro atoms. The minimum Gasteiger partial charge on any atom is -0.454 e. The van der Waals surface area contributed by atoms with Crippen LogP contribution in [0.15, 0.2) is 217 Å². The molecule has 0 aliphatic heterocycles. The molecule has 280 valence electrons. The molecule has 0 atom stereocenters. The van der Waals surface area contributed by atoms with Crippen LogP contribution in [0.4, 0.5) is 17.1 Å². The first-order valence-electron chi connectivity index (χ1n) is 20.3. The molecule has 0 N–H and O–H groups in total. The van der Waals surface area contributed by atoms with Gasteiger partial charge in [0, 0.05) is 38.4 Å². The number of fused-ring (bicyclic) bond motifs is 9. The maximum absolute atomic E-state index is 6.63. The Morgan fingerprint density at radius 3 is 1.78 bits per heavy atom. The first-order valence-corrected chi connectivity index (χ1v) is 20.3. The topological polar surface area (TPSA) is 42.2 Å². The van der Waals surface area contributed by atoms with Crippen LogP contribution in [0.25, 0.3) is 98.9 Å². The van der Waals surface area contributed by atoms with Crippen molar-refractivity contribution in [3.63, 3.8) is 0 Å². The van der Waals surface area contributed by atoms with E-state index in [-0.39, 0.29) is 0 Å². The number of furan rings is 1. The predicted molar refractivity (Wildman–Crippen MR) is 250 cm³/mol. The molecule has 60 heavy (non-hydrogen) atoms. The summed E-state index contributed by atoms with van der Waals surface area (Å²) < 4.78 is 6.63. The van der Waals surface area contributed by atoms with E-state index >= 15 is 0 Å². The molecule has 0 saturated carbocycles. The summed E-state index contributed by atoms with van der Waals surface area (Å²) in [5.74, 6) is 0. The van der Waals surface area contributed by atoms with Crippen molar-refractivity contribution < 1.29 is 4.42 Å². The highest BCUT2D eigenvalue weighted by atomic mass is 16.3. The van der Waals surface area contributed by atoms with Crippen LogP contribution >= 0.6 is 0 Å². The van der Waals surface area contributed by atoms with E-state index in [4.69, 9.17) is 14.4 Å². The second kappa shape index (κ2) is 13.8. The van der Waals surface area contributed by atoms with Gasteiger partial charge in [0.05, 0.1) is 33.8 Å². The van der Waals surface area contributed by atoms with E-state index in [0.29, 0.717) is 0 Å². The molecular formula is C56H35N3O. The van der Waals surface area contributed by atoms with Crippen LogP contribution < -0.4 is 4.90 Å². The summed E-state index contributed by atoms with van der Waals surface area (Å²) in [6, 6.07) is 74.9. The van der Waals surface area contributed by atoms with E-state index in [1.165, 1.54) is 0 Å². The molecule has 0 amide bonds. The van der Waals surface area contributed by atoms with Crippen LogP contribution in [0.2, 0.25) is 0 Å².